The molecule has 0 aliphatic rings. The molecule has 1 radical (unpaired) electrons. The fourth-order valence-corrected chi connectivity index (χ4v) is 1.52. The van der Waals surface area contributed by atoms with E-state index in [4.69, 9.17) is 0 Å². The summed E-state index contributed by atoms with van der Waals surface area (Å²) in [7, 11) is 0. The van der Waals surface area contributed by atoms with E-state index in [1.54, 1.807) is 12.1 Å². The molecule has 0 saturated carbocycles. The molecule has 0 saturated heterocycles. The summed E-state index contributed by atoms with van der Waals surface area (Å²) < 4.78 is 0. The molecule has 0 bridgehead atoms. The fraction of sp³-hybridized carbons (Fsp3) is 0. The van der Waals surface area contributed by atoms with Crippen LogP contribution < -0.4 is 0 Å². The standard InChI is InChI=1S/C12H10O.Y/c1-2-9-5-3-6-10-7-4-8-11(13)12(9)10;/h2-8,13H,1H2;. The Balaban J connectivity index is 0.000000980. The molecular formula is C12H10OY. The van der Waals surface area contributed by atoms with Gasteiger partial charge in [0.25, 0.3) is 0 Å². The molecule has 0 unspecified atom stereocenters. The second kappa shape index (κ2) is 4.72. The van der Waals surface area contributed by atoms with Crippen molar-refractivity contribution < 1.29 is 37.8 Å². The molecule has 2 rings (SSSR count). The van der Waals surface area contributed by atoms with Crippen molar-refractivity contribution in [2.75, 3.05) is 0 Å². The molecule has 14 heavy (non-hydrogen) atoms. The number of fused-ring (bicyclic) bond motifs is 1. The predicted molar refractivity (Wildman–Crippen MR) is 55.7 cm³/mol. The van der Waals surface area contributed by atoms with Crippen LogP contribution in [0, 0.1) is 0 Å². The number of hydrogen-bond donors (Lipinski definition) is 1. The smallest absolute Gasteiger partial charge is 0.124 e. The van der Waals surface area contributed by atoms with Crippen LogP contribution >= 0.6 is 0 Å². The van der Waals surface area contributed by atoms with Gasteiger partial charge in [0.15, 0.2) is 0 Å². The molecular weight excluding hydrogens is 249 g/mol. The molecule has 2 aromatic rings. The summed E-state index contributed by atoms with van der Waals surface area (Å²) in [5.41, 5.74) is 0.968. The van der Waals surface area contributed by atoms with Crippen molar-refractivity contribution >= 4 is 16.8 Å². The van der Waals surface area contributed by atoms with Gasteiger partial charge >= 0.3 is 0 Å². The first-order valence-corrected chi connectivity index (χ1v) is 4.16. The molecule has 0 heterocycles. The summed E-state index contributed by atoms with van der Waals surface area (Å²) in [6.07, 6.45) is 1.75. The van der Waals surface area contributed by atoms with Crippen LogP contribution in [0.1, 0.15) is 5.56 Å². The van der Waals surface area contributed by atoms with Gasteiger partial charge in [0, 0.05) is 38.1 Å². The van der Waals surface area contributed by atoms with Gasteiger partial charge in [-0.05, 0) is 17.0 Å². The maximum atomic E-state index is 9.64. The van der Waals surface area contributed by atoms with Crippen LogP contribution in [0.25, 0.3) is 16.8 Å². The Morgan fingerprint density at radius 3 is 2.36 bits per heavy atom. The van der Waals surface area contributed by atoms with E-state index in [2.05, 4.69) is 6.58 Å². The van der Waals surface area contributed by atoms with Gasteiger partial charge in [-0.15, -0.1) is 0 Å². The average molecular weight is 259 g/mol. The molecule has 0 aliphatic carbocycles. The van der Waals surface area contributed by atoms with Crippen molar-refractivity contribution in [2.24, 2.45) is 0 Å². The number of phenols is 1. The Labute approximate surface area is 108 Å². The Hall–Kier alpha value is -0.656. The molecule has 0 fully saturated rings. The van der Waals surface area contributed by atoms with Crippen LogP contribution in [0.15, 0.2) is 43.0 Å². The fourth-order valence-electron chi connectivity index (χ4n) is 1.52. The average Bonchev–Trinajstić information content (AvgIpc) is 2.17. The van der Waals surface area contributed by atoms with Gasteiger partial charge in [-0.25, -0.2) is 0 Å². The van der Waals surface area contributed by atoms with Gasteiger partial charge < -0.3 is 5.11 Å². The molecule has 0 atom stereocenters. The number of phenolic OH excluding ortho intramolecular Hbond substituents is 1. The summed E-state index contributed by atoms with van der Waals surface area (Å²) in [4.78, 5) is 0. The Bertz CT molecular complexity index is 458. The van der Waals surface area contributed by atoms with Crippen molar-refractivity contribution in [2.45, 2.75) is 0 Å². The van der Waals surface area contributed by atoms with Gasteiger partial charge in [0.2, 0.25) is 0 Å². The molecule has 2 heteroatoms. The third kappa shape index (κ3) is 1.89. The molecule has 1 N–H and O–H groups in total. The van der Waals surface area contributed by atoms with Crippen LogP contribution in [-0.4, -0.2) is 5.11 Å². The van der Waals surface area contributed by atoms with Crippen molar-refractivity contribution in [1.29, 1.82) is 0 Å². The monoisotopic (exact) mass is 259 g/mol. The molecule has 2 aromatic carbocycles. The summed E-state index contributed by atoms with van der Waals surface area (Å²) in [5, 5.41) is 11.5. The van der Waals surface area contributed by atoms with E-state index in [1.807, 2.05) is 30.3 Å². The van der Waals surface area contributed by atoms with E-state index in [9.17, 15) is 5.11 Å². The first-order valence-electron chi connectivity index (χ1n) is 4.16. The summed E-state index contributed by atoms with van der Waals surface area (Å²) in [6, 6.07) is 11.4. The van der Waals surface area contributed by atoms with Crippen LogP contribution in [0.4, 0.5) is 0 Å². The summed E-state index contributed by atoms with van der Waals surface area (Å²) in [6.45, 7) is 3.71. The topological polar surface area (TPSA) is 20.2 Å². The van der Waals surface area contributed by atoms with Gasteiger partial charge in [-0.1, -0.05) is 43.0 Å². The van der Waals surface area contributed by atoms with Gasteiger partial charge in [0.05, 0.1) is 0 Å². The first kappa shape index (κ1) is 11.4. The third-order valence-electron chi connectivity index (χ3n) is 2.13. The number of hydrogen-bond acceptors (Lipinski definition) is 1. The van der Waals surface area contributed by atoms with Crippen LogP contribution in [0.5, 0.6) is 5.75 Å². The first-order chi connectivity index (χ1) is 6.33. The van der Waals surface area contributed by atoms with Crippen molar-refractivity contribution in [3.8, 4) is 5.75 Å². The predicted octanol–water partition coefficient (Wildman–Crippen LogP) is 3.19. The maximum Gasteiger partial charge on any atom is 0.124 e. The largest absolute Gasteiger partial charge is 0.507 e. The summed E-state index contributed by atoms with van der Waals surface area (Å²) >= 11 is 0. The quantitative estimate of drug-likeness (QED) is 0.833. The van der Waals surface area contributed by atoms with Crippen LogP contribution in [0.2, 0.25) is 0 Å². The van der Waals surface area contributed by atoms with Crippen molar-refractivity contribution in [1.82, 2.24) is 0 Å². The van der Waals surface area contributed by atoms with E-state index >= 15 is 0 Å². The molecule has 67 valence electrons. The second-order valence-corrected chi connectivity index (χ2v) is 2.93. The van der Waals surface area contributed by atoms with Crippen molar-refractivity contribution in [3.63, 3.8) is 0 Å². The summed E-state index contributed by atoms with van der Waals surface area (Å²) in [5.74, 6) is 0.313. The number of aromatic hydroxyl groups is 1. The molecule has 0 aromatic heterocycles. The van der Waals surface area contributed by atoms with Crippen molar-refractivity contribution in [3.05, 3.63) is 48.5 Å². The molecule has 1 nitrogen and oxygen atoms in total. The third-order valence-corrected chi connectivity index (χ3v) is 2.13. The van der Waals surface area contributed by atoms with Gasteiger partial charge in [-0.3, -0.25) is 0 Å². The number of benzene rings is 2. The molecule has 0 amide bonds. The number of rotatable bonds is 1. The zero-order valence-electron chi connectivity index (χ0n) is 7.77. The zero-order chi connectivity index (χ0) is 9.26. The van der Waals surface area contributed by atoms with Crippen LogP contribution in [0.3, 0.4) is 0 Å². The van der Waals surface area contributed by atoms with E-state index in [-0.39, 0.29) is 32.7 Å². The minimum Gasteiger partial charge on any atom is -0.507 e. The zero-order valence-corrected chi connectivity index (χ0v) is 10.6. The minimum absolute atomic E-state index is 0. The normalized spacial score (nSPS) is 9.43. The SMILES string of the molecule is C=Cc1cccc2cccc(O)c12.[Y]. The van der Waals surface area contributed by atoms with Gasteiger partial charge in [0.1, 0.15) is 5.75 Å². The Kier molecular flexibility index (Phi) is 3.85. The Morgan fingerprint density at radius 1 is 1.07 bits per heavy atom. The van der Waals surface area contributed by atoms with E-state index in [1.165, 1.54) is 0 Å². The van der Waals surface area contributed by atoms with Gasteiger partial charge in [-0.2, -0.15) is 0 Å². The van der Waals surface area contributed by atoms with E-state index < -0.39 is 0 Å². The Morgan fingerprint density at radius 2 is 1.71 bits per heavy atom. The minimum atomic E-state index is 0. The molecule has 0 aliphatic heterocycles. The molecule has 0 spiro atoms. The van der Waals surface area contributed by atoms with E-state index in [0.29, 0.717) is 5.75 Å². The second-order valence-electron chi connectivity index (χ2n) is 2.93. The van der Waals surface area contributed by atoms with E-state index in [0.717, 1.165) is 16.3 Å². The maximum absolute atomic E-state index is 9.64. The van der Waals surface area contributed by atoms with Crippen LogP contribution in [-0.2, 0) is 32.7 Å².